The van der Waals surface area contributed by atoms with Crippen LogP contribution in [0.5, 0.6) is 0 Å². The van der Waals surface area contributed by atoms with E-state index in [9.17, 15) is 13.2 Å². The molecule has 0 aliphatic carbocycles. The van der Waals surface area contributed by atoms with E-state index >= 15 is 0 Å². The van der Waals surface area contributed by atoms with Crippen LogP contribution in [0.4, 0.5) is 5.69 Å². The van der Waals surface area contributed by atoms with E-state index in [-0.39, 0.29) is 10.8 Å². The molecule has 28 heavy (non-hydrogen) atoms. The molecule has 0 spiro atoms. The number of amides is 1. The van der Waals surface area contributed by atoms with E-state index in [4.69, 9.17) is 0 Å². The SMILES string of the molecule is CCc1cccc(C)c1NC(=O)c1cc(S(=O)(=O)N2CCCCC2)ccc1C. The Morgan fingerprint density at radius 2 is 1.75 bits per heavy atom. The maximum absolute atomic E-state index is 13.0. The van der Waals surface area contributed by atoms with Gasteiger partial charge in [-0.05, 0) is 61.9 Å². The lowest BCUT2D eigenvalue weighted by atomic mass is 10.0. The Bertz CT molecular complexity index is 977. The topological polar surface area (TPSA) is 66.5 Å². The first-order valence-electron chi connectivity index (χ1n) is 9.85. The Balaban J connectivity index is 1.93. The standard InChI is InChI=1S/C22H28N2O3S/c1-4-18-10-8-9-17(3)21(18)23-22(25)20-15-19(12-11-16(20)2)28(26,27)24-13-6-5-7-14-24/h8-12,15H,4-7,13-14H2,1-3H3,(H,23,25). The van der Waals surface area contributed by atoms with Crippen molar-refractivity contribution in [3.63, 3.8) is 0 Å². The van der Waals surface area contributed by atoms with Crippen molar-refractivity contribution in [3.05, 3.63) is 58.7 Å². The third-order valence-corrected chi connectivity index (χ3v) is 7.28. The van der Waals surface area contributed by atoms with Crippen molar-refractivity contribution in [1.29, 1.82) is 0 Å². The van der Waals surface area contributed by atoms with Crippen molar-refractivity contribution in [3.8, 4) is 0 Å². The second-order valence-electron chi connectivity index (χ2n) is 7.36. The van der Waals surface area contributed by atoms with Crippen LogP contribution in [0, 0.1) is 13.8 Å². The maximum Gasteiger partial charge on any atom is 0.255 e. The van der Waals surface area contributed by atoms with Crippen molar-refractivity contribution in [2.45, 2.75) is 51.3 Å². The highest BCUT2D eigenvalue weighted by Crippen LogP contribution is 2.25. The van der Waals surface area contributed by atoms with E-state index in [1.54, 1.807) is 12.1 Å². The summed E-state index contributed by atoms with van der Waals surface area (Å²) in [5.41, 5.74) is 3.99. The summed E-state index contributed by atoms with van der Waals surface area (Å²) < 4.78 is 27.5. The second kappa shape index (κ2) is 8.45. The van der Waals surface area contributed by atoms with Crippen LogP contribution < -0.4 is 5.32 Å². The number of carbonyl (C=O) groups is 1. The molecule has 0 atom stereocenters. The summed E-state index contributed by atoms with van der Waals surface area (Å²) in [4.78, 5) is 13.2. The Morgan fingerprint density at radius 1 is 1.04 bits per heavy atom. The van der Waals surface area contributed by atoms with Gasteiger partial charge in [0.15, 0.2) is 0 Å². The van der Waals surface area contributed by atoms with E-state index in [0.717, 1.165) is 48.1 Å². The summed E-state index contributed by atoms with van der Waals surface area (Å²) in [5, 5.41) is 3.00. The number of hydrogen-bond acceptors (Lipinski definition) is 3. The predicted octanol–water partition coefficient (Wildman–Crippen LogP) is 4.29. The number of sulfonamides is 1. The molecule has 1 amide bonds. The van der Waals surface area contributed by atoms with Gasteiger partial charge in [0.25, 0.3) is 5.91 Å². The third-order valence-electron chi connectivity index (χ3n) is 5.38. The highest BCUT2D eigenvalue weighted by atomic mass is 32.2. The summed E-state index contributed by atoms with van der Waals surface area (Å²) in [5.74, 6) is -0.280. The zero-order valence-corrected chi connectivity index (χ0v) is 17.6. The molecule has 0 radical (unpaired) electrons. The first-order chi connectivity index (χ1) is 13.3. The molecule has 2 aromatic carbocycles. The zero-order valence-electron chi connectivity index (χ0n) is 16.8. The molecule has 3 rings (SSSR count). The summed E-state index contributed by atoms with van der Waals surface area (Å²) in [7, 11) is -3.58. The zero-order chi connectivity index (χ0) is 20.3. The maximum atomic E-state index is 13.0. The van der Waals surface area contributed by atoms with E-state index in [0.29, 0.717) is 18.7 Å². The quantitative estimate of drug-likeness (QED) is 0.814. The number of anilines is 1. The average Bonchev–Trinajstić information content (AvgIpc) is 2.70. The number of rotatable bonds is 5. The lowest BCUT2D eigenvalue weighted by Crippen LogP contribution is -2.35. The minimum Gasteiger partial charge on any atom is -0.321 e. The number of benzene rings is 2. The third kappa shape index (κ3) is 4.13. The number of nitrogens with one attached hydrogen (secondary N) is 1. The first kappa shape index (κ1) is 20.6. The minimum atomic E-state index is -3.58. The van der Waals surface area contributed by atoms with Crippen molar-refractivity contribution in [2.75, 3.05) is 18.4 Å². The van der Waals surface area contributed by atoms with Gasteiger partial charge in [-0.2, -0.15) is 4.31 Å². The van der Waals surface area contributed by atoms with Gasteiger partial charge >= 0.3 is 0 Å². The highest BCUT2D eigenvalue weighted by molar-refractivity contribution is 7.89. The Morgan fingerprint density at radius 3 is 2.43 bits per heavy atom. The van der Waals surface area contributed by atoms with Crippen molar-refractivity contribution in [1.82, 2.24) is 4.31 Å². The van der Waals surface area contributed by atoms with Gasteiger partial charge in [0, 0.05) is 24.3 Å². The number of hydrogen-bond donors (Lipinski definition) is 1. The molecular formula is C22H28N2O3S. The van der Waals surface area contributed by atoms with Gasteiger partial charge in [-0.25, -0.2) is 8.42 Å². The van der Waals surface area contributed by atoms with Crippen LogP contribution in [0.25, 0.3) is 0 Å². The minimum absolute atomic E-state index is 0.186. The number of aryl methyl sites for hydroxylation is 3. The van der Waals surface area contributed by atoms with Gasteiger partial charge in [-0.3, -0.25) is 4.79 Å². The van der Waals surface area contributed by atoms with Crippen molar-refractivity contribution < 1.29 is 13.2 Å². The van der Waals surface area contributed by atoms with Crippen LogP contribution in [0.15, 0.2) is 41.3 Å². The lowest BCUT2D eigenvalue weighted by Gasteiger charge is -2.26. The molecule has 1 aliphatic heterocycles. The number of carbonyl (C=O) groups excluding carboxylic acids is 1. The van der Waals surface area contributed by atoms with Gasteiger partial charge in [0.1, 0.15) is 0 Å². The molecule has 0 bridgehead atoms. The van der Waals surface area contributed by atoms with E-state index in [2.05, 4.69) is 5.32 Å². The molecule has 1 fully saturated rings. The Hall–Kier alpha value is -2.18. The van der Waals surface area contributed by atoms with Crippen LogP contribution in [-0.2, 0) is 16.4 Å². The van der Waals surface area contributed by atoms with Gasteiger partial charge < -0.3 is 5.32 Å². The Labute approximate surface area is 167 Å². The molecular weight excluding hydrogens is 372 g/mol. The monoisotopic (exact) mass is 400 g/mol. The van der Waals surface area contributed by atoms with Gasteiger partial charge in [0.2, 0.25) is 10.0 Å². The number of piperidine rings is 1. The summed E-state index contributed by atoms with van der Waals surface area (Å²) in [6.07, 6.45) is 3.63. The molecule has 150 valence electrons. The van der Waals surface area contributed by atoms with Crippen LogP contribution in [0.2, 0.25) is 0 Å². The fourth-order valence-electron chi connectivity index (χ4n) is 3.64. The molecule has 1 saturated heterocycles. The summed E-state index contributed by atoms with van der Waals surface area (Å²) in [6.45, 7) is 6.91. The fourth-order valence-corrected chi connectivity index (χ4v) is 5.19. The second-order valence-corrected chi connectivity index (χ2v) is 9.30. The normalized spacial score (nSPS) is 15.4. The van der Waals surface area contributed by atoms with Crippen LogP contribution in [0.1, 0.15) is 53.2 Å². The first-order valence-corrected chi connectivity index (χ1v) is 11.3. The summed E-state index contributed by atoms with van der Waals surface area (Å²) >= 11 is 0. The van der Waals surface area contributed by atoms with Gasteiger partial charge in [-0.15, -0.1) is 0 Å². The lowest BCUT2D eigenvalue weighted by molar-refractivity contribution is 0.102. The molecule has 6 heteroatoms. The van der Waals surface area contributed by atoms with Crippen molar-refractivity contribution >= 4 is 21.6 Å². The molecule has 0 aromatic heterocycles. The molecule has 0 saturated carbocycles. The summed E-state index contributed by atoms with van der Waals surface area (Å²) in [6, 6.07) is 10.7. The highest BCUT2D eigenvalue weighted by Gasteiger charge is 2.27. The molecule has 2 aromatic rings. The van der Waals surface area contributed by atoms with E-state index < -0.39 is 10.0 Å². The molecule has 1 heterocycles. The van der Waals surface area contributed by atoms with Gasteiger partial charge in [0.05, 0.1) is 4.90 Å². The van der Waals surface area contributed by atoms with Crippen LogP contribution in [0.3, 0.4) is 0 Å². The van der Waals surface area contributed by atoms with E-state index in [1.807, 2.05) is 39.0 Å². The predicted molar refractivity (Wildman–Crippen MR) is 112 cm³/mol. The van der Waals surface area contributed by atoms with Crippen LogP contribution in [-0.4, -0.2) is 31.7 Å². The largest absolute Gasteiger partial charge is 0.321 e. The number of nitrogens with zero attached hydrogens (tertiary/aromatic N) is 1. The number of para-hydroxylation sites is 1. The van der Waals surface area contributed by atoms with E-state index in [1.165, 1.54) is 10.4 Å². The van der Waals surface area contributed by atoms with Crippen molar-refractivity contribution in [2.24, 2.45) is 0 Å². The molecule has 5 nitrogen and oxygen atoms in total. The average molecular weight is 401 g/mol. The molecule has 0 unspecified atom stereocenters. The van der Waals surface area contributed by atoms with Crippen LogP contribution >= 0.6 is 0 Å². The molecule has 1 aliphatic rings. The smallest absolute Gasteiger partial charge is 0.255 e. The van der Waals surface area contributed by atoms with Gasteiger partial charge in [-0.1, -0.05) is 37.6 Å². The fraction of sp³-hybridized carbons (Fsp3) is 0.409. The Kier molecular flexibility index (Phi) is 6.20. The molecule has 1 N–H and O–H groups in total.